The van der Waals surface area contributed by atoms with Crippen molar-refractivity contribution in [2.75, 3.05) is 25.4 Å². The van der Waals surface area contributed by atoms with E-state index in [0.717, 1.165) is 62.0 Å². The highest BCUT2D eigenvalue weighted by atomic mass is 16.6. The highest BCUT2D eigenvalue weighted by Crippen LogP contribution is 2.34. The first-order chi connectivity index (χ1) is 14.6. The molecule has 1 atom stereocenters. The molecule has 0 spiro atoms. The Balaban J connectivity index is 1.36. The third-order valence-corrected chi connectivity index (χ3v) is 6.51. The van der Waals surface area contributed by atoms with Gasteiger partial charge in [-0.25, -0.2) is 19.4 Å². The SMILES string of the molecule is Cc1nn(C2CCC(N3CCN(C(=O)OC(C)(C)C)[C@@H](C)C3)CC2)c2ncnc(N)c12. The average molecular weight is 430 g/mol. The van der Waals surface area contributed by atoms with Gasteiger partial charge in [0.15, 0.2) is 5.65 Å². The van der Waals surface area contributed by atoms with Gasteiger partial charge >= 0.3 is 6.09 Å². The van der Waals surface area contributed by atoms with E-state index in [1.807, 2.05) is 32.6 Å². The number of nitrogens with zero attached hydrogens (tertiary/aromatic N) is 6. The van der Waals surface area contributed by atoms with Crippen LogP contribution in [0, 0.1) is 6.92 Å². The summed E-state index contributed by atoms with van der Waals surface area (Å²) in [5, 5.41) is 5.62. The number of nitrogen functional groups attached to an aromatic ring is 1. The summed E-state index contributed by atoms with van der Waals surface area (Å²) in [6, 6.07) is 1.03. The molecule has 2 aliphatic rings. The number of aromatic nitrogens is 4. The highest BCUT2D eigenvalue weighted by Gasteiger charge is 2.35. The molecule has 2 aromatic rings. The first kappa shape index (κ1) is 21.8. The number of piperazine rings is 1. The Labute approximate surface area is 183 Å². The van der Waals surface area contributed by atoms with Crippen molar-refractivity contribution in [3.63, 3.8) is 0 Å². The summed E-state index contributed by atoms with van der Waals surface area (Å²) in [6.45, 7) is 12.3. The summed E-state index contributed by atoms with van der Waals surface area (Å²) in [6.07, 6.45) is 5.67. The van der Waals surface area contributed by atoms with E-state index in [0.29, 0.717) is 17.9 Å². The number of carbonyl (C=O) groups excluding carboxylic acids is 1. The van der Waals surface area contributed by atoms with Crippen molar-refractivity contribution >= 4 is 22.9 Å². The van der Waals surface area contributed by atoms with E-state index >= 15 is 0 Å². The minimum Gasteiger partial charge on any atom is -0.444 e. The van der Waals surface area contributed by atoms with Gasteiger partial charge in [0.05, 0.1) is 17.1 Å². The number of ether oxygens (including phenoxy) is 1. The van der Waals surface area contributed by atoms with E-state index in [1.54, 1.807) is 0 Å². The van der Waals surface area contributed by atoms with Crippen LogP contribution in [0.2, 0.25) is 0 Å². The number of amides is 1. The zero-order chi connectivity index (χ0) is 22.3. The molecule has 1 saturated heterocycles. The molecule has 2 N–H and O–H groups in total. The number of nitrogens with two attached hydrogens (primary N) is 1. The standard InChI is InChI=1S/C22H35N7O2/c1-14-12-27(10-11-28(14)21(30)31-22(3,4)5)16-6-8-17(9-7-16)29-20-18(15(2)26-29)19(23)24-13-25-20/h13-14,16-17H,6-12H2,1-5H3,(H2,23,24,25)/t14-,16?,17?/m0/s1. The topological polar surface area (TPSA) is 102 Å². The molecule has 2 fully saturated rings. The second-order valence-electron chi connectivity index (χ2n) is 9.97. The summed E-state index contributed by atoms with van der Waals surface area (Å²) in [7, 11) is 0. The number of hydrogen-bond acceptors (Lipinski definition) is 7. The second-order valence-corrected chi connectivity index (χ2v) is 9.97. The number of rotatable bonds is 2. The van der Waals surface area contributed by atoms with Crippen LogP contribution in [0.25, 0.3) is 11.0 Å². The fourth-order valence-electron chi connectivity index (χ4n) is 5.00. The molecule has 1 aliphatic carbocycles. The van der Waals surface area contributed by atoms with Crippen LogP contribution in [-0.2, 0) is 4.74 Å². The van der Waals surface area contributed by atoms with Gasteiger partial charge in [-0.15, -0.1) is 0 Å². The molecule has 0 bridgehead atoms. The summed E-state index contributed by atoms with van der Waals surface area (Å²) >= 11 is 0. The van der Waals surface area contributed by atoms with Crippen molar-refractivity contribution < 1.29 is 9.53 Å². The molecule has 0 unspecified atom stereocenters. The highest BCUT2D eigenvalue weighted by molar-refractivity contribution is 5.87. The Bertz CT molecular complexity index is 943. The molecule has 3 heterocycles. The Morgan fingerprint density at radius 2 is 1.81 bits per heavy atom. The van der Waals surface area contributed by atoms with Gasteiger partial charge in [-0.05, 0) is 60.3 Å². The van der Waals surface area contributed by atoms with Crippen LogP contribution in [0.4, 0.5) is 10.6 Å². The van der Waals surface area contributed by atoms with Gasteiger partial charge in [-0.3, -0.25) is 4.90 Å². The van der Waals surface area contributed by atoms with Crippen LogP contribution >= 0.6 is 0 Å². The Kier molecular flexibility index (Phi) is 5.81. The molecule has 170 valence electrons. The third kappa shape index (κ3) is 4.46. The van der Waals surface area contributed by atoms with Crippen LogP contribution < -0.4 is 5.73 Å². The van der Waals surface area contributed by atoms with Crippen LogP contribution in [0.1, 0.15) is 65.1 Å². The van der Waals surface area contributed by atoms with Gasteiger partial charge in [-0.1, -0.05) is 0 Å². The van der Waals surface area contributed by atoms with Gasteiger partial charge in [-0.2, -0.15) is 5.10 Å². The van der Waals surface area contributed by atoms with Crippen molar-refractivity contribution in [1.82, 2.24) is 29.5 Å². The zero-order valence-electron chi connectivity index (χ0n) is 19.3. The lowest BCUT2D eigenvalue weighted by molar-refractivity contribution is -0.00823. The van der Waals surface area contributed by atoms with Crippen molar-refractivity contribution in [2.45, 2.75) is 84.0 Å². The van der Waals surface area contributed by atoms with E-state index in [4.69, 9.17) is 15.6 Å². The molecular formula is C22H35N7O2. The Morgan fingerprint density at radius 1 is 1.13 bits per heavy atom. The summed E-state index contributed by atoms with van der Waals surface area (Å²) in [5.74, 6) is 0.499. The van der Waals surface area contributed by atoms with Crippen molar-refractivity contribution in [1.29, 1.82) is 0 Å². The molecular weight excluding hydrogens is 394 g/mol. The number of fused-ring (bicyclic) bond motifs is 1. The number of carbonyl (C=O) groups is 1. The van der Waals surface area contributed by atoms with Crippen LogP contribution in [0.5, 0.6) is 0 Å². The Morgan fingerprint density at radius 3 is 2.45 bits per heavy atom. The second kappa shape index (κ2) is 8.26. The summed E-state index contributed by atoms with van der Waals surface area (Å²) < 4.78 is 7.63. The van der Waals surface area contributed by atoms with E-state index < -0.39 is 5.60 Å². The summed E-state index contributed by atoms with van der Waals surface area (Å²) in [4.78, 5) is 25.5. The number of hydrogen-bond donors (Lipinski definition) is 1. The van der Waals surface area contributed by atoms with Gasteiger partial charge in [0, 0.05) is 31.7 Å². The maximum absolute atomic E-state index is 12.5. The maximum Gasteiger partial charge on any atom is 0.410 e. The van der Waals surface area contributed by atoms with E-state index in [1.165, 1.54) is 6.33 Å². The molecule has 2 aromatic heterocycles. The minimum atomic E-state index is -0.461. The quantitative estimate of drug-likeness (QED) is 0.782. The predicted octanol–water partition coefficient (Wildman–Crippen LogP) is 3.14. The van der Waals surface area contributed by atoms with Crippen molar-refractivity contribution in [3.05, 3.63) is 12.0 Å². The van der Waals surface area contributed by atoms with Crippen molar-refractivity contribution in [3.8, 4) is 0 Å². The maximum atomic E-state index is 12.5. The lowest BCUT2D eigenvalue weighted by atomic mass is 9.89. The molecule has 9 heteroatoms. The largest absolute Gasteiger partial charge is 0.444 e. The molecule has 1 amide bonds. The smallest absolute Gasteiger partial charge is 0.410 e. The average Bonchev–Trinajstić information content (AvgIpc) is 3.04. The predicted molar refractivity (Wildman–Crippen MR) is 120 cm³/mol. The third-order valence-electron chi connectivity index (χ3n) is 6.51. The molecule has 4 rings (SSSR count). The van der Waals surface area contributed by atoms with Crippen LogP contribution in [-0.4, -0.2) is 73.0 Å². The van der Waals surface area contributed by atoms with Crippen molar-refractivity contribution in [2.24, 2.45) is 0 Å². The van der Waals surface area contributed by atoms with Gasteiger partial charge in [0.25, 0.3) is 0 Å². The summed E-state index contributed by atoms with van der Waals surface area (Å²) in [5.41, 5.74) is 7.32. The lowest BCUT2D eigenvalue weighted by Gasteiger charge is -2.45. The molecule has 0 aromatic carbocycles. The fourth-order valence-corrected chi connectivity index (χ4v) is 5.00. The number of anilines is 1. The minimum absolute atomic E-state index is 0.152. The van der Waals surface area contributed by atoms with Gasteiger partial charge < -0.3 is 15.4 Å². The Hall–Kier alpha value is -2.42. The van der Waals surface area contributed by atoms with Crippen LogP contribution in [0.15, 0.2) is 6.33 Å². The molecule has 1 saturated carbocycles. The normalized spacial score (nSPS) is 25.7. The first-order valence-electron chi connectivity index (χ1n) is 11.3. The fraction of sp³-hybridized carbons (Fsp3) is 0.727. The van der Waals surface area contributed by atoms with Crippen LogP contribution in [0.3, 0.4) is 0 Å². The molecule has 1 aliphatic heterocycles. The molecule has 31 heavy (non-hydrogen) atoms. The molecule has 0 radical (unpaired) electrons. The first-order valence-corrected chi connectivity index (χ1v) is 11.3. The zero-order valence-corrected chi connectivity index (χ0v) is 19.3. The molecule has 9 nitrogen and oxygen atoms in total. The van der Waals surface area contributed by atoms with Gasteiger partial charge in [0.2, 0.25) is 0 Å². The lowest BCUT2D eigenvalue weighted by Crippen LogP contribution is -2.57. The van der Waals surface area contributed by atoms with E-state index in [2.05, 4.69) is 26.5 Å². The van der Waals surface area contributed by atoms with Gasteiger partial charge in [0.1, 0.15) is 17.7 Å². The number of aryl methyl sites for hydroxylation is 1. The van der Waals surface area contributed by atoms with E-state index in [-0.39, 0.29) is 12.1 Å². The van der Waals surface area contributed by atoms with E-state index in [9.17, 15) is 4.79 Å². The monoisotopic (exact) mass is 429 g/mol.